The highest BCUT2D eigenvalue weighted by atomic mass is 32.1. The maximum Gasteiger partial charge on any atom is 0.252 e. The normalized spacial score (nSPS) is 11.6. The fraction of sp³-hybridized carbons (Fsp3) is 0.500. The number of aliphatic hydroxyl groups excluding tert-OH is 1. The maximum absolute atomic E-state index is 11.9. The molecule has 20 heavy (non-hydrogen) atoms. The van der Waals surface area contributed by atoms with E-state index >= 15 is 0 Å². The maximum atomic E-state index is 11.9. The van der Waals surface area contributed by atoms with Crippen LogP contribution in [0.2, 0.25) is 0 Å². The fourth-order valence-corrected chi connectivity index (χ4v) is 2.19. The Labute approximate surface area is 122 Å². The molecule has 1 aromatic rings. The number of rotatable bonds is 7. The molecule has 6 heteroatoms. The number of methoxy groups -OCH3 is 2. The van der Waals surface area contributed by atoms with E-state index in [1.54, 1.807) is 25.7 Å². The van der Waals surface area contributed by atoms with Crippen LogP contribution in [-0.2, 0) is 9.47 Å². The lowest BCUT2D eigenvalue weighted by molar-refractivity contribution is 0.0285. The number of aliphatic hydroxyl groups is 1. The third-order valence-electron chi connectivity index (χ3n) is 2.49. The average molecular weight is 297 g/mol. The van der Waals surface area contributed by atoms with Crippen LogP contribution in [0.15, 0.2) is 11.4 Å². The largest absolute Gasteiger partial charge is 0.395 e. The SMILES string of the molecule is COCC(CNC(=O)c1csc(C#CCCO)c1)OC. The second-order valence-corrected chi connectivity index (χ2v) is 4.91. The molecule has 0 radical (unpaired) electrons. The molecular weight excluding hydrogens is 278 g/mol. The van der Waals surface area contributed by atoms with Crippen LogP contribution in [0.5, 0.6) is 0 Å². The molecule has 0 spiro atoms. The van der Waals surface area contributed by atoms with Crippen LogP contribution in [0.1, 0.15) is 21.7 Å². The first-order valence-corrected chi connectivity index (χ1v) is 7.07. The van der Waals surface area contributed by atoms with E-state index in [0.717, 1.165) is 4.88 Å². The van der Waals surface area contributed by atoms with Crippen molar-refractivity contribution in [2.24, 2.45) is 0 Å². The summed E-state index contributed by atoms with van der Waals surface area (Å²) in [5.74, 6) is 5.57. The van der Waals surface area contributed by atoms with Gasteiger partial charge >= 0.3 is 0 Å². The van der Waals surface area contributed by atoms with E-state index in [-0.39, 0.29) is 18.6 Å². The molecule has 0 saturated heterocycles. The van der Waals surface area contributed by atoms with Gasteiger partial charge in [0.25, 0.3) is 5.91 Å². The van der Waals surface area contributed by atoms with Crippen LogP contribution in [0.3, 0.4) is 0 Å². The van der Waals surface area contributed by atoms with Gasteiger partial charge in [-0.15, -0.1) is 11.3 Å². The van der Waals surface area contributed by atoms with Gasteiger partial charge in [0.2, 0.25) is 0 Å². The van der Waals surface area contributed by atoms with E-state index in [2.05, 4.69) is 17.2 Å². The first kappa shape index (κ1) is 16.7. The van der Waals surface area contributed by atoms with Gasteiger partial charge in [0.05, 0.1) is 29.8 Å². The van der Waals surface area contributed by atoms with Gasteiger partial charge in [0.1, 0.15) is 0 Å². The summed E-state index contributed by atoms with van der Waals surface area (Å²) in [6.07, 6.45) is 0.276. The number of hydrogen-bond donors (Lipinski definition) is 2. The number of carbonyl (C=O) groups is 1. The summed E-state index contributed by atoms with van der Waals surface area (Å²) in [6, 6.07) is 1.74. The van der Waals surface area contributed by atoms with E-state index in [0.29, 0.717) is 25.1 Å². The quantitative estimate of drug-likeness (QED) is 0.733. The minimum Gasteiger partial charge on any atom is -0.395 e. The van der Waals surface area contributed by atoms with Crippen LogP contribution in [0, 0.1) is 11.8 Å². The first-order valence-electron chi connectivity index (χ1n) is 6.19. The molecule has 1 heterocycles. The molecule has 0 aliphatic heterocycles. The highest BCUT2D eigenvalue weighted by Gasteiger charge is 2.11. The predicted octanol–water partition coefficient (Wildman–Crippen LogP) is 0.873. The van der Waals surface area contributed by atoms with E-state index < -0.39 is 0 Å². The molecule has 1 rings (SSSR count). The topological polar surface area (TPSA) is 67.8 Å². The summed E-state index contributed by atoms with van der Waals surface area (Å²) < 4.78 is 10.1. The number of hydrogen-bond acceptors (Lipinski definition) is 5. The molecule has 0 aromatic carbocycles. The fourth-order valence-electron chi connectivity index (χ4n) is 1.43. The molecule has 1 unspecified atom stereocenters. The number of carbonyl (C=O) groups excluding carboxylic acids is 1. The minimum absolute atomic E-state index is 0.0453. The first-order chi connectivity index (χ1) is 9.71. The molecule has 2 N–H and O–H groups in total. The zero-order valence-electron chi connectivity index (χ0n) is 11.6. The van der Waals surface area contributed by atoms with Gasteiger partial charge in [-0.25, -0.2) is 0 Å². The van der Waals surface area contributed by atoms with E-state index in [4.69, 9.17) is 14.6 Å². The van der Waals surface area contributed by atoms with Gasteiger partial charge in [-0.2, -0.15) is 0 Å². The third kappa shape index (κ3) is 5.72. The Morgan fingerprint density at radius 1 is 1.55 bits per heavy atom. The van der Waals surface area contributed by atoms with Crippen molar-refractivity contribution in [3.05, 3.63) is 21.9 Å². The Morgan fingerprint density at radius 2 is 2.35 bits per heavy atom. The number of amides is 1. The smallest absolute Gasteiger partial charge is 0.252 e. The van der Waals surface area contributed by atoms with Gasteiger partial charge in [-0.3, -0.25) is 4.79 Å². The lowest BCUT2D eigenvalue weighted by Gasteiger charge is -2.14. The van der Waals surface area contributed by atoms with Crippen molar-refractivity contribution in [1.29, 1.82) is 0 Å². The van der Waals surface area contributed by atoms with E-state index in [9.17, 15) is 4.79 Å². The number of ether oxygens (including phenoxy) is 2. The highest BCUT2D eigenvalue weighted by molar-refractivity contribution is 7.10. The molecule has 0 aliphatic carbocycles. The lowest BCUT2D eigenvalue weighted by Crippen LogP contribution is -2.35. The van der Waals surface area contributed by atoms with Gasteiger partial charge in [-0.05, 0) is 6.07 Å². The van der Waals surface area contributed by atoms with Crippen molar-refractivity contribution in [3.63, 3.8) is 0 Å². The van der Waals surface area contributed by atoms with Crippen molar-refractivity contribution in [2.45, 2.75) is 12.5 Å². The molecule has 0 saturated carbocycles. The third-order valence-corrected chi connectivity index (χ3v) is 3.33. The Hall–Kier alpha value is -1.39. The summed E-state index contributed by atoms with van der Waals surface area (Å²) in [4.78, 5) is 12.7. The Balaban J connectivity index is 2.50. The minimum atomic E-state index is -0.161. The van der Waals surface area contributed by atoms with Crippen LogP contribution >= 0.6 is 11.3 Å². The summed E-state index contributed by atoms with van der Waals surface area (Å²) in [5, 5.41) is 13.2. The lowest BCUT2D eigenvalue weighted by atomic mass is 10.2. The Morgan fingerprint density at radius 3 is 3.00 bits per heavy atom. The van der Waals surface area contributed by atoms with Gasteiger partial charge in [0.15, 0.2) is 0 Å². The van der Waals surface area contributed by atoms with Crippen LogP contribution < -0.4 is 5.32 Å². The van der Waals surface area contributed by atoms with Crippen LogP contribution in [0.25, 0.3) is 0 Å². The highest BCUT2D eigenvalue weighted by Crippen LogP contribution is 2.13. The van der Waals surface area contributed by atoms with Crippen molar-refractivity contribution in [1.82, 2.24) is 5.32 Å². The van der Waals surface area contributed by atoms with Gasteiger partial charge < -0.3 is 19.9 Å². The Kier molecular flexibility index (Phi) is 7.92. The van der Waals surface area contributed by atoms with E-state index in [1.807, 2.05) is 0 Å². The molecule has 1 atom stereocenters. The number of nitrogens with one attached hydrogen (secondary N) is 1. The van der Waals surface area contributed by atoms with Gasteiger partial charge in [-0.1, -0.05) is 11.8 Å². The summed E-state index contributed by atoms with van der Waals surface area (Å²) in [5.41, 5.74) is 0.579. The van der Waals surface area contributed by atoms with Crippen molar-refractivity contribution in [2.75, 3.05) is 34.0 Å². The molecule has 110 valence electrons. The average Bonchev–Trinajstić information content (AvgIpc) is 2.92. The monoisotopic (exact) mass is 297 g/mol. The summed E-state index contributed by atoms with van der Waals surface area (Å²) in [6.45, 7) is 0.868. The molecule has 5 nitrogen and oxygen atoms in total. The second kappa shape index (κ2) is 9.50. The van der Waals surface area contributed by atoms with Crippen molar-refractivity contribution in [3.8, 4) is 11.8 Å². The molecule has 1 amide bonds. The van der Waals surface area contributed by atoms with E-state index in [1.165, 1.54) is 11.3 Å². The summed E-state index contributed by atoms with van der Waals surface area (Å²) in [7, 11) is 3.17. The van der Waals surface area contributed by atoms with Crippen LogP contribution in [-0.4, -0.2) is 51.1 Å². The molecular formula is C14H19NO4S. The zero-order valence-corrected chi connectivity index (χ0v) is 12.5. The van der Waals surface area contributed by atoms with Crippen molar-refractivity contribution >= 4 is 17.2 Å². The van der Waals surface area contributed by atoms with Crippen molar-refractivity contribution < 1.29 is 19.4 Å². The molecule has 0 fully saturated rings. The number of thiophene rings is 1. The Bertz CT molecular complexity index is 475. The predicted molar refractivity (Wildman–Crippen MR) is 77.9 cm³/mol. The second-order valence-electron chi connectivity index (χ2n) is 4.00. The zero-order chi connectivity index (χ0) is 14.8. The van der Waals surface area contributed by atoms with Gasteiger partial charge in [0, 0.05) is 32.6 Å². The molecule has 0 aliphatic rings. The van der Waals surface area contributed by atoms with Crippen LogP contribution in [0.4, 0.5) is 0 Å². The summed E-state index contributed by atoms with van der Waals surface area (Å²) >= 11 is 1.41. The molecule has 1 aromatic heterocycles. The standard InChI is InChI=1S/C14H19NO4S/c1-18-9-12(19-2)8-15-14(17)11-7-13(20-10-11)5-3-4-6-16/h7,10,12,16H,4,6,8-9H2,1-2H3,(H,15,17). The molecule has 0 bridgehead atoms.